The molecule has 2 N–H and O–H groups in total. The van der Waals surface area contributed by atoms with Gasteiger partial charge in [0.05, 0.1) is 17.2 Å². The molecule has 0 radical (unpaired) electrons. The Labute approximate surface area is 153 Å². The van der Waals surface area contributed by atoms with Crippen molar-refractivity contribution < 1.29 is 18.3 Å². The number of amides is 1. The molecule has 0 heterocycles. The van der Waals surface area contributed by atoms with E-state index in [9.17, 15) is 18.3 Å². The van der Waals surface area contributed by atoms with E-state index in [1.165, 1.54) is 31.3 Å². The van der Waals surface area contributed by atoms with Crippen LogP contribution in [0.5, 0.6) is 5.75 Å². The first-order valence-electron chi connectivity index (χ1n) is 7.85. The first-order valence-corrected chi connectivity index (χ1v) is 9.29. The van der Waals surface area contributed by atoms with Crippen molar-refractivity contribution in [3.63, 3.8) is 0 Å². The fraction of sp³-hybridized carbons (Fsp3) is 0.222. The SMILES string of the molecule is C/C(=N\NC(=O)CN(C)S(=O)(=O)c1ccc(C)cc1)c1ccc(O)cc1. The lowest BCUT2D eigenvalue weighted by Crippen LogP contribution is -2.36. The summed E-state index contributed by atoms with van der Waals surface area (Å²) in [7, 11) is -2.41. The maximum absolute atomic E-state index is 12.5. The van der Waals surface area contributed by atoms with E-state index in [4.69, 9.17) is 0 Å². The molecule has 0 aromatic heterocycles. The number of nitrogens with zero attached hydrogens (tertiary/aromatic N) is 2. The van der Waals surface area contributed by atoms with Crippen LogP contribution in [0.1, 0.15) is 18.1 Å². The summed E-state index contributed by atoms with van der Waals surface area (Å²) in [6.45, 7) is 3.20. The Morgan fingerprint density at radius 2 is 1.69 bits per heavy atom. The van der Waals surface area contributed by atoms with Gasteiger partial charge in [-0.25, -0.2) is 13.8 Å². The number of aromatic hydroxyl groups is 1. The van der Waals surface area contributed by atoms with Crippen molar-refractivity contribution in [2.75, 3.05) is 13.6 Å². The first-order chi connectivity index (χ1) is 12.2. The van der Waals surface area contributed by atoms with Gasteiger partial charge in [-0.1, -0.05) is 17.7 Å². The molecular formula is C18H21N3O4S. The minimum Gasteiger partial charge on any atom is -0.508 e. The van der Waals surface area contributed by atoms with Gasteiger partial charge >= 0.3 is 0 Å². The minimum absolute atomic E-state index is 0.127. The number of sulfonamides is 1. The molecule has 0 bridgehead atoms. The van der Waals surface area contributed by atoms with E-state index in [0.717, 1.165) is 15.4 Å². The summed E-state index contributed by atoms with van der Waals surface area (Å²) >= 11 is 0. The number of carbonyl (C=O) groups is 1. The van der Waals surface area contributed by atoms with Crippen LogP contribution in [0, 0.1) is 6.92 Å². The third-order valence-electron chi connectivity index (χ3n) is 3.73. The number of likely N-dealkylation sites (N-methyl/N-ethyl adjacent to an activating group) is 1. The maximum Gasteiger partial charge on any atom is 0.255 e. The zero-order valence-electron chi connectivity index (χ0n) is 14.8. The van der Waals surface area contributed by atoms with Gasteiger partial charge in [-0.15, -0.1) is 0 Å². The third-order valence-corrected chi connectivity index (χ3v) is 5.55. The Morgan fingerprint density at radius 3 is 2.27 bits per heavy atom. The summed E-state index contributed by atoms with van der Waals surface area (Å²) in [5.74, 6) is -0.421. The van der Waals surface area contributed by atoms with Crippen LogP contribution in [-0.4, -0.2) is 43.0 Å². The number of phenols is 1. The van der Waals surface area contributed by atoms with Gasteiger partial charge in [-0.2, -0.15) is 9.41 Å². The second-order valence-corrected chi connectivity index (χ2v) is 7.90. The van der Waals surface area contributed by atoms with Gasteiger partial charge in [-0.3, -0.25) is 4.79 Å². The standard InChI is InChI=1S/C18H21N3O4S/c1-13-4-10-17(11-5-13)26(24,25)21(3)12-18(23)20-19-14(2)15-6-8-16(22)9-7-15/h4-11,22H,12H2,1-3H3,(H,20,23)/b19-14+. The molecule has 0 aliphatic rings. The Kier molecular flexibility index (Phi) is 6.12. The highest BCUT2D eigenvalue weighted by atomic mass is 32.2. The number of hydrazone groups is 1. The first kappa shape index (κ1) is 19.6. The van der Waals surface area contributed by atoms with Gasteiger partial charge in [0.15, 0.2) is 0 Å². The largest absolute Gasteiger partial charge is 0.508 e. The predicted octanol–water partition coefficient (Wildman–Crippen LogP) is 1.86. The Morgan fingerprint density at radius 1 is 1.12 bits per heavy atom. The van der Waals surface area contributed by atoms with Crippen LogP contribution in [-0.2, 0) is 14.8 Å². The molecule has 0 aliphatic heterocycles. The maximum atomic E-state index is 12.5. The topological polar surface area (TPSA) is 99.1 Å². The summed E-state index contributed by atoms with van der Waals surface area (Å²) in [6.07, 6.45) is 0. The lowest BCUT2D eigenvalue weighted by Gasteiger charge is -2.16. The second-order valence-electron chi connectivity index (χ2n) is 5.85. The third kappa shape index (κ3) is 4.90. The Balaban J connectivity index is 2.01. The van der Waals surface area contributed by atoms with Gasteiger partial charge in [-0.05, 0) is 55.8 Å². The highest BCUT2D eigenvalue weighted by Crippen LogP contribution is 2.14. The molecule has 0 saturated heterocycles. The normalized spacial score (nSPS) is 12.2. The van der Waals surface area contributed by atoms with Gasteiger partial charge in [0.1, 0.15) is 5.75 Å². The number of aryl methyl sites for hydroxylation is 1. The molecule has 2 aromatic rings. The molecule has 8 heteroatoms. The van der Waals surface area contributed by atoms with E-state index < -0.39 is 15.9 Å². The van der Waals surface area contributed by atoms with Crippen LogP contribution >= 0.6 is 0 Å². The second kappa shape index (κ2) is 8.11. The molecular weight excluding hydrogens is 354 g/mol. The molecule has 0 saturated carbocycles. The van der Waals surface area contributed by atoms with Gasteiger partial charge in [0.25, 0.3) is 5.91 Å². The van der Waals surface area contributed by atoms with Crippen molar-refractivity contribution in [3.05, 3.63) is 59.7 Å². The number of nitrogens with one attached hydrogen (secondary N) is 1. The number of phenolic OH excluding ortho intramolecular Hbond substituents is 1. The smallest absolute Gasteiger partial charge is 0.255 e. The van der Waals surface area contributed by atoms with E-state index in [1.807, 2.05) is 6.92 Å². The quantitative estimate of drug-likeness (QED) is 0.595. The van der Waals surface area contributed by atoms with Crippen molar-refractivity contribution in [3.8, 4) is 5.75 Å². The van der Waals surface area contributed by atoms with Crippen LogP contribution in [0.15, 0.2) is 58.5 Å². The number of hydrogen-bond donors (Lipinski definition) is 2. The van der Waals surface area contributed by atoms with E-state index in [2.05, 4.69) is 10.5 Å². The predicted molar refractivity (Wildman–Crippen MR) is 99.5 cm³/mol. The monoisotopic (exact) mass is 375 g/mol. The zero-order valence-corrected chi connectivity index (χ0v) is 15.6. The van der Waals surface area contributed by atoms with E-state index in [0.29, 0.717) is 5.71 Å². The average Bonchev–Trinajstić information content (AvgIpc) is 2.60. The van der Waals surface area contributed by atoms with Gasteiger partial charge < -0.3 is 5.11 Å². The molecule has 0 atom stereocenters. The fourth-order valence-corrected chi connectivity index (χ4v) is 3.25. The number of rotatable bonds is 6. The van der Waals surface area contributed by atoms with Crippen LogP contribution in [0.2, 0.25) is 0 Å². The molecule has 0 unspecified atom stereocenters. The van der Waals surface area contributed by atoms with E-state index in [1.54, 1.807) is 31.2 Å². The highest BCUT2D eigenvalue weighted by molar-refractivity contribution is 7.89. The molecule has 138 valence electrons. The van der Waals surface area contributed by atoms with Crippen LogP contribution in [0.4, 0.5) is 0 Å². The molecule has 2 rings (SSSR count). The summed E-state index contributed by atoms with van der Waals surface area (Å²) in [5, 5.41) is 13.2. The molecule has 7 nitrogen and oxygen atoms in total. The summed E-state index contributed by atoms with van der Waals surface area (Å²) < 4.78 is 25.9. The van der Waals surface area contributed by atoms with Crippen LogP contribution in [0.25, 0.3) is 0 Å². The Hall–Kier alpha value is -2.71. The molecule has 26 heavy (non-hydrogen) atoms. The highest BCUT2D eigenvalue weighted by Gasteiger charge is 2.22. The summed E-state index contributed by atoms with van der Waals surface area (Å²) in [5.41, 5.74) is 4.54. The van der Waals surface area contributed by atoms with E-state index in [-0.39, 0.29) is 17.2 Å². The molecule has 0 fully saturated rings. The van der Waals surface area contributed by atoms with Crippen LogP contribution < -0.4 is 5.43 Å². The number of hydrogen-bond acceptors (Lipinski definition) is 5. The lowest BCUT2D eigenvalue weighted by molar-refractivity contribution is -0.121. The van der Waals surface area contributed by atoms with Gasteiger partial charge in [0, 0.05) is 7.05 Å². The molecule has 0 aliphatic carbocycles. The molecule has 1 amide bonds. The fourth-order valence-electron chi connectivity index (χ4n) is 2.13. The molecule has 0 spiro atoms. The lowest BCUT2D eigenvalue weighted by atomic mass is 10.1. The van der Waals surface area contributed by atoms with Crippen molar-refractivity contribution in [2.24, 2.45) is 5.10 Å². The number of benzene rings is 2. The van der Waals surface area contributed by atoms with Crippen molar-refractivity contribution >= 4 is 21.6 Å². The van der Waals surface area contributed by atoms with Crippen molar-refractivity contribution in [1.82, 2.24) is 9.73 Å². The minimum atomic E-state index is -3.75. The van der Waals surface area contributed by atoms with Crippen molar-refractivity contribution in [1.29, 1.82) is 0 Å². The van der Waals surface area contributed by atoms with Gasteiger partial charge in [0.2, 0.25) is 10.0 Å². The number of carbonyl (C=O) groups excluding carboxylic acids is 1. The van der Waals surface area contributed by atoms with Crippen LogP contribution in [0.3, 0.4) is 0 Å². The van der Waals surface area contributed by atoms with Crippen molar-refractivity contribution in [2.45, 2.75) is 18.7 Å². The summed E-state index contributed by atoms with van der Waals surface area (Å²) in [4.78, 5) is 12.1. The summed E-state index contributed by atoms with van der Waals surface area (Å²) in [6, 6.07) is 12.8. The molecule has 2 aromatic carbocycles. The Bertz CT molecular complexity index is 904. The zero-order chi connectivity index (χ0) is 19.3. The van der Waals surface area contributed by atoms with E-state index >= 15 is 0 Å². The average molecular weight is 375 g/mol.